The highest BCUT2D eigenvalue weighted by atomic mass is 33.2. The molecule has 0 N–H and O–H groups in total. The van der Waals surface area contributed by atoms with Crippen LogP contribution >= 0.6 is 16.7 Å². The van der Waals surface area contributed by atoms with Crippen molar-refractivity contribution in [3.05, 3.63) is 11.9 Å². The van der Waals surface area contributed by atoms with Gasteiger partial charge in [0.25, 0.3) is 0 Å². The molecule has 3 atom stereocenters. The fourth-order valence-corrected chi connectivity index (χ4v) is 12.1. The van der Waals surface area contributed by atoms with Crippen LogP contribution in [0.2, 0.25) is 0 Å². The van der Waals surface area contributed by atoms with Gasteiger partial charge in [-0.05, 0) is 25.2 Å². The van der Waals surface area contributed by atoms with Gasteiger partial charge in [0.1, 0.15) is 11.0 Å². The summed E-state index contributed by atoms with van der Waals surface area (Å²) in [6.45, 7) is 6.05. The molecule has 0 spiro atoms. The molecule has 0 bridgehead atoms. The number of thiol groups is 1. The summed E-state index contributed by atoms with van der Waals surface area (Å²) in [4.78, 5) is 0. The molecule has 0 rings (SSSR count). The second kappa shape index (κ2) is 8.13. The van der Waals surface area contributed by atoms with Crippen molar-refractivity contribution in [1.29, 1.82) is 0 Å². The highest BCUT2D eigenvalue weighted by molar-refractivity contribution is 8.95. The number of rotatable bonds is 7. The molecule has 0 aromatic carbocycles. The Kier molecular flexibility index (Phi) is 8.55. The lowest BCUT2D eigenvalue weighted by Crippen LogP contribution is -2.20. The molecule has 0 heterocycles. The average Bonchev–Trinajstić information content (AvgIpc) is 2.28. The quantitative estimate of drug-likeness (QED) is 0.385. The summed E-state index contributed by atoms with van der Waals surface area (Å²) in [7, 11) is -0.234. The molecule has 0 aliphatic carbocycles. The monoisotopic (exact) mass is 323 g/mol. The number of hydrogen-bond donors (Lipinski definition) is 1. The summed E-state index contributed by atoms with van der Waals surface area (Å²) in [5.74, 6) is -0.905. The van der Waals surface area contributed by atoms with Crippen LogP contribution in [0.5, 0.6) is 0 Å². The number of allylic oxidation sites excluding steroid dienone is 1. The molecule has 0 aliphatic rings. The molecule has 0 aromatic rings. The lowest BCUT2D eigenvalue weighted by Gasteiger charge is -2.21. The van der Waals surface area contributed by atoms with Crippen molar-refractivity contribution in [3.8, 4) is 0 Å². The molecule has 0 saturated carbocycles. The maximum Gasteiger partial charge on any atom is 0.301 e. The fraction of sp³-hybridized carbons (Fsp3) is 0.800. The predicted octanol–water partition coefficient (Wildman–Crippen LogP) is 5.13. The zero-order chi connectivity index (χ0) is 13.6. The van der Waals surface area contributed by atoms with Crippen LogP contribution < -0.4 is 0 Å². The minimum Gasteiger partial charge on any atom is -0.206 e. The van der Waals surface area contributed by atoms with E-state index >= 15 is 0 Å². The molecule has 0 aliphatic heterocycles. The highest BCUT2D eigenvalue weighted by Gasteiger charge is 2.37. The van der Waals surface area contributed by atoms with E-state index in [0.717, 1.165) is 12.6 Å². The smallest absolute Gasteiger partial charge is 0.206 e. The van der Waals surface area contributed by atoms with Gasteiger partial charge in [-0.2, -0.15) is 8.78 Å². The molecule has 0 aromatic heterocycles. The SMILES string of the molecule is CCC(C)[S+](CCC(F)=C(F)F)P(=S)(S)CC. The van der Waals surface area contributed by atoms with Gasteiger partial charge in [-0.1, -0.05) is 26.1 Å². The van der Waals surface area contributed by atoms with Gasteiger partial charge in [0.15, 0.2) is 10.3 Å². The summed E-state index contributed by atoms with van der Waals surface area (Å²) in [5.41, 5.74) is 0. The van der Waals surface area contributed by atoms with Crippen LogP contribution in [0.1, 0.15) is 33.6 Å². The molecule has 0 nitrogen and oxygen atoms in total. The molecule has 102 valence electrons. The summed E-state index contributed by atoms with van der Waals surface area (Å²) < 4.78 is 35.0. The van der Waals surface area contributed by atoms with E-state index < -0.39 is 16.3 Å². The summed E-state index contributed by atoms with van der Waals surface area (Å²) in [6.07, 6.45) is -0.718. The second-order valence-electron chi connectivity index (χ2n) is 3.69. The molecule has 0 amide bonds. The molecule has 0 radical (unpaired) electrons. The van der Waals surface area contributed by atoms with Crippen LogP contribution in [0.3, 0.4) is 0 Å². The van der Waals surface area contributed by atoms with Crippen molar-refractivity contribution in [2.24, 2.45) is 0 Å². The van der Waals surface area contributed by atoms with E-state index in [1.165, 1.54) is 0 Å². The molecule has 17 heavy (non-hydrogen) atoms. The van der Waals surface area contributed by atoms with E-state index in [-0.39, 0.29) is 16.9 Å². The Morgan fingerprint density at radius 2 is 1.88 bits per heavy atom. The summed E-state index contributed by atoms with van der Waals surface area (Å²) in [6, 6.07) is 0. The van der Waals surface area contributed by atoms with Crippen molar-refractivity contribution in [2.45, 2.75) is 38.9 Å². The van der Waals surface area contributed by atoms with Crippen LogP contribution in [-0.4, -0.2) is 17.2 Å². The molecular weight excluding hydrogens is 304 g/mol. The average molecular weight is 323 g/mol. The maximum absolute atomic E-state index is 12.8. The Bertz CT molecular complexity index is 316. The van der Waals surface area contributed by atoms with Gasteiger partial charge in [0.05, 0.1) is 0 Å². The largest absolute Gasteiger partial charge is 0.301 e. The first-order valence-electron chi connectivity index (χ1n) is 5.48. The molecular formula is C10H19F3PS3+. The lowest BCUT2D eigenvalue weighted by molar-refractivity contribution is 0.373. The van der Waals surface area contributed by atoms with Crippen molar-refractivity contribution in [2.75, 3.05) is 11.9 Å². The predicted molar refractivity (Wildman–Crippen MR) is 80.8 cm³/mol. The molecule has 0 saturated heterocycles. The fourth-order valence-electron chi connectivity index (χ4n) is 1.27. The first-order chi connectivity index (χ1) is 7.76. The minimum atomic E-state index is -2.21. The van der Waals surface area contributed by atoms with Gasteiger partial charge in [-0.25, -0.2) is 4.39 Å². The van der Waals surface area contributed by atoms with Crippen molar-refractivity contribution >= 4 is 39.0 Å². The summed E-state index contributed by atoms with van der Waals surface area (Å²) >= 11 is 10.0. The zero-order valence-electron chi connectivity index (χ0n) is 10.3. The second-order valence-corrected chi connectivity index (χ2v) is 17.1. The van der Waals surface area contributed by atoms with E-state index in [4.69, 9.17) is 11.8 Å². The van der Waals surface area contributed by atoms with Crippen LogP contribution in [0, 0.1) is 0 Å². The van der Waals surface area contributed by atoms with Gasteiger partial charge < -0.3 is 0 Å². The molecule has 7 heteroatoms. The van der Waals surface area contributed by atoms with Gasteiger partial charge in [-0.3, -0.25) is 0 Å². The zero-order valence-corrected chi connectivity index (χ0v) is 13.7. The van der Waals surface area contributed by atoms with Crippen LogP contribution in [0.25, 0.3) is 0 Å². The van der Waals surface area contributed by atoms with E-state index in [1.807, 2.05) is 20.8 Å². The Morgan fingerprint density at radius 3 is 2.24 bits per heavy atom. The Morgan fingerprint density at radius 1 is 1.35 bits per heavy atom. The Hall–Kier alpha value is 0.880. The van der Waals surface area contributed by atoms with E-state index in [9.17, 15) is 13.2 Å². The Labute approximate surface area is 115 Å². The number of halogens is 3. The standard InChI is InChI=1S/C10H18F3PS3/c1-4-8(3)17(14(15,16)5-2)7-6-9(11)10(12)13/h8H,4-7H2,1-3H3/p+1. The van der Waals surface area contributed by atoms with E-state index in [1.54, 1.807) is 0 Å². The minimum absolute atomic E-state index is 0.214. The normalized spacial score (nSPS) is 18.3. The van der Waals surface area contributed by atoms with Gasteiger partial charge >= 0.3 is 6.08 Å². The van der Waals surface area contributed by atoms with Crippen molar-refractivity contribution in [3.63, 3.8) is 0 Å². The third-order valence-electron chi connectivity index (χ3n) is 2.54. The van der Waals surface area contributed by atoms with Gasteiger partial charge in [0.2, 0.25) is 0 Å². The summed E-state index contributed by atoms with van der Waals surface area (Å²) in [5, 5.41) is 0.328. The topological polar surface area (TPSA) is 0 Å². The van der Waals surface area contributed by atoms with E-state index in [0.29, 0.717) is 11.0 Å². The molecule has 3 unspecified atom stereocenters. The maximum atomic E-state index is 12.8. The third-order valence-corrected chi connectivity index (χ3v) is 15.8. The first kappa shape index (κ1) is 17.9. The van der Waals surface area contributed by atoms with Crippen molar-refractivity contribution < 1.29 is 13.2 Å². The number of hydrogen-bond acceptors (Lipinski definition) is 1. The van der Waals surface area contributed by atoms with Crippen molar-refractivity contribution in [1.82, 2.24) is 0 Å². The van der Waals surface area contributed by atoms with Crippen LogP contribution in [0.4, 0.5) is 13.2 Å². The third kappa shape index (κ3) is 6.04. The lowest BCUT2D eigenvalue weighted by atomic mass is 10.4. The Balaban J connectivity index is 4.75. The van der Waals surface area contributed by atoms with E-state index in [2.05, 4.69) is 12.2 Å². The van der Waals surface area contributed by atoms with Crippen LogP contribution in [-0.2, 0) is 22.3 Å². The van der Waals surface area contributed by atoms with Crippen LogP contribution in [0.15, 0.2) is 11.9 Å². The van der Waals surface area contributed by atoms with Gasteiger partial charge in [-0.15, -0.1) is 0 Å². The first-order valence-corrected chi connectivity index (χ1v) is 11.7. The highest BCUT2D eigenvalue weighted by Crippen LogP contribution is 2.60. The molecule has 0 fully saturated rings. The van der Waals surface area contributed by atoms with Gasteiger partial charge in [0, 0.05) is 23.1 Å².